The number of rotatable bonds is 4. The van der Waals surface area contributed by atoms with E-state index < -0.39 is 9.84 Å². The fourth-order valence-electron chi connectivity index (χ4n) is 2.53. The summed E-state index contributed by atoms with van der Waals surface area (Å²) in [5.41, 5.74) is 2.04. The molecule has 1 aliphatic rings. The first-order chi connectivity index (χ1) is 9.78. The number of benzene rings is 1. The van der Waals surface area contributed by atoms with Crippen LogP contribution in [0.3, 0.4) is 0 Å². The van der Waals surface area contributed by atoms with Gasteiger partial charge in [-0.05, 0) is 32.4 Å². The molecule has 0 spiro atoms. The van der Waals surface area contributed by atoms with Gasteiger partial charge in [0.05, 0.1) is 11.5 Å². The standard InChI is InChI=1S/C15H22N2O3S/c1-11-4-6-13(7-5-11)16-12(2)15(18)17(3)14-8-9-21(19,20)10-14/h4-7,12,14,16H,8-10H2,1-3H3. The number of sulfone groups is 1. The molecule has 2 atom stereocenters. The lowest BCUT2D eigenvalue weighted by molar-refractivity contribution is -0.132. The first-order valence-corrected chi connectivity index (χ1v) is 8.91. The van der Waals surface area contributed by atoms with Crippen molar-refractivity contribution in [2.45, 2.75) is 32.4 Å². The van der Waals surface area contributed by atoms with Crippen LogP contribution in [0.15, 0.2) is 24.3 Å². The van der Waals surface area contributed by atoms with E-state index >= 15 is 0 Å². The molecule has 1 N–H and O–H groups in total. The molecule has 1 saturated heterocycles. The van der Waals surface area contributed by atoms with Gasteiger partial charge in [-0.1, -0.05) is 17.7 Å². The zero-order valence-corrected chi connectivity index (χ0v) is 13.5. The van der Waals surface area contributed by atoms with Crippen LogP contribution >= 0.6 is 0 Å². The Kier molecular flexibility index (Phi) is 4.56. The van der Waals surface area contributed by atoms with E-state index in [1.54, 1.807) is 18.9 Å². The summed E-state index contributed by atoms with van der Waals surface area (Å²) in [6.07, 6.45) is 0.530. The zero-order chi connectivity index (χ0) is 15.6. The Bertz CT molecular complexity index is 610. The van der Waals surface area contributed by atoms with Gasteiger partial charge in [0.2, 0.25) is 5.91 Å². The number of likely N-dealkylation sites (N-methyl/N-ethyl adjacent to an activating group) is 1. The molecule has 1 aromatic rings. The van der Waals surface area contributed by atoms with Gasteiger partial charge < -0.3 is 10.2 Å². The van der Waals surface area contributed by atoms with Crippen molar-refractivity contribution in [2.24, 2.45) is 0 Å². The van der Waals surface area contributed by atoms with E-state index in [4.69, 9.17) is 0 Å². The predicted octanol–water partition coefficient (Wildman–Crippen LogP) is 1.44. The largest absolute Gasteiger partial charge is 0.374 e. The molecule has 1 amide bonds. The van der Waals surface area contributed by atoms with Gasteiger partial charge in [0.15, 0.2) is 9.84 Å². The first kappa shape index (κ1) is 15.8. The maximum absolute atomic E-state index is 12.4. The normalized spacial score (nSPS) is 21.8. The average Bonchev–Trinajstić information content (AvgIpc) is 2.80. The van der Waals surface area contributed by atoms with Crippen LogP contribution < -0.4 is 5.32 Å². The third-order valence-electron chi connectivity index (χ3n) is 3.91. The minimum atomic E-state index is -2.98. The first-order valence-electron chi connectivity index (χ1n) is 7.09. The van der Waals surface area contributed by atoms with Gasteiger partial charge >= 0.3 is 0 Å². The van der Waals surface area contributed by atoms with Crippen LogP contribution in [0.25, 0.3) is 0 Å². The lowest BCUT2D eigenvalue weighted by Crippen LogP contribution is -2.45. The van der Waals surface area contributed by atoms with E-state index in [0.717, 1.165) is 11.3 Å². The lowest BCUT2D eigenvalue weighted by Gasteiger charge is -2.27. The summed E-state index contributed by atoms with van der Waals surface area (Å²) in [5.74, 6) is 0.166. The molecular formula is C15H22N2O3S. The van der Waals surface area contributed by atoms with Gasteiger partial charge in [0, 0.05) is 18.8 Å². The number of carbonyl (C=O) groups is 1. The molecule has 1 aliphatic heterocycles. The second kappa shape index (κ2) is 6.05. The summed E-state index contributed by atoms with van der Waals surface area (Å²) in [6, 6.07) is 7.23. The van der Waals surface area contributed by atoms with Crippen LogP contribution in [0.4, 0.5) is 5.69 Å². The van der Waals surface area contributed by atoms with Crippen molar-refractivity contribution in [2.75, 3.05) is 23.9 Å². The number of carbonyl (C=O) groups excluding carboxylic acids is 1. The monoisotopic (exact) mass is 310 g/mol. The molecule has 1 fully saturated rings. The van der Waals surface area contributed by atoms with Crippen molar-refractivity contribution in [3.8, 4) is 0 Å². The summed E-state index contributed by atoms with van der Waals surface area (Å²) < 4.78 is 23.0. The number of hydrogen-bond donors (Lipinski definition) is 1. The van der Waals surface area contributed by atoms with E-state index in [2.05, 4.69) is 5.32 Å². The topological polar surface area (TPSA) is 66.5 Å². The van der Waals surface area contributed by atoms with E-state index in [9.17, 15) is 13.2 Å². The molecule has 2 unspecified atom stereocenters. The Morgan fingerprint density at radius 2 is 1.95 bits per heavy atom. The van der Waals surface area contributed by atoms with Gasteiger partial charge in [-0.2, -0.15) is 0 Å². The minimum absolute atomic E-state index is 0.0759. The SMILES string of the molecule is Cc1ccc(NC(C)C(=O)N(C)C2CCS(=O)(=O)C2)cc1. The highest BCUT2D eigenvalue weighted by Crippen LogP contribution is 2.18. The Morgan fingerprint density at radius 1 is 1.33 bits per heavy atom. The summed E-state index contributed by atoms with van der Waals surface area (Å²) in [6.45, 7) is 3.80. The van der Waals surface area contributed by atoms with Gasteiger partial charge in [-0.15, -0.1) is 0 Å². The number of hydrogen-bond acceptors (Lipinski definition) is 4. The number of aryl methyl sites for hydroxylation is 1. The maximum atomic E-state index is 12.4. The third-order valence-corrected chi connectivity index (χ3v) is 5.66. The summed E-state index contributed by atoms with van der Waals surface area (Å²) in [5, 5.41) is 3.15. The fourth-order valence-corrected chi connectivity index (χ4v) is 4.30. The van der Waals surface area contributed by atoms with Crippen molar-refractivity contribution in [3.05, 3.63) is 29.8 Å². The molecule has 5 nitrogen and oxygen atoms in total. The Balaban J connectivity index is 1.97. The predicted molar refractivity (Wildman–Crippen MR) is 84.1 cm³/mol. The molecule has 0 saturated carbocycles. The highest BCUT2D eigenvalue weighted by molar-refractivity contribution is 7.91. The highest BCUT2D eigenvalue weighted by atomic mass is 32.2. The van der Waals surface area contributed by atoms with Crippen LogP contribution in [0, 0.1) is 6.92 Å². The van der Waals surface area contributed by atoms with Gasteiger partial charge in [-0.3, -0.25) is 4.79 Å². The molecular weight excluding hydrogens is 288 g/mol. The van der Waals surface area contributed by atoms with Crippen LogP contribution in [0.2, 0.25) is 0 Å². The molecule has 21 heavy (non-hydrogen) atoms. The second-order valence-electron chi connectivity index (χ2n) is 5.74. The third kappa shape index (κ3) is 3.97. The molecule has 0 aromatic heterocycles. The molecule has 6 heteroatoms. The van der Waals surface area contributed by atoms with Gasteiger partial charge in [0.1, 0.15) is 6.04 Å². The lowest BCUT2D eigenvalue weighted by atomic mass is 10.2. The van der Waals surface area contributed by atoms with Gasteiger partial charge in [0.25, 0.3) is 0 Å². The van der Waals surface area contributed by atoms with E-state index in [1.807, 2.05) is 31.2 Å². The molecule has 2 rings (SSSR count). The van der Waals surface area contributed by atoms with Crippen molar-refractivity contribution >= 4 is 21.4 Å². The van der Waals surface area contributed by atoms with E-state index in [1.165, 1.54) is 0 Å². The Morgan fingerprint density at radius 3 is 2.48 bits per heavy atom. The quantitative estimate of drug-likeness (QED) is 0.914. The second-order valence-corrected chi connectivity index (χ2v) is 7.97. The molecule has 0 bridgehead atoms. The highest BCUT2D eigenvalue weighted by Gasteiger charge is 2.33. The molecule has 116 valence electrons. The van der Waals surface area contributed by atoms with Crippen LogP contribution in [0.5, 0.6) is 0 Å². The zero-order valence-electron chi connectivity index (χ0n) is 12.7. The van der Waals surface area contributed by atoms with E-state index in [-0.39, 0.29) is 29.5 Å². The average molecular weight is 310 g/mol. The minimum Gasteiger partial charge on any atom is -0.374 e. The van der Waals surface area contributed by atoms with Crippen molar-refractivity contribution in [3.63, 3.8) is 0 Å². The molecule has 1 aromatic carbocycles. The van der Waals surface area contributed by atoms with E-state index in [0.29, 0.717) is 6.42 Å². The van der Waals surface area contributed by atoms with Crippen molar-refractivity contribution in [1.82, 2.24) is 4.90 Å². The number of amides is 1. The Hall–Kier alpha value is -1.56. The fraction of sp³-hybridized carbons (Fsp3) is 0.533. The number of nitrogens with zero attached hydrogens (tertiary/aromatic N) is 1. The van der Waals surface area contributed by atoms with Crippen molar-refractivity contribution < 1.29 is 13.2 Å². The van der Waals surface area contributed by atoms with Crippen LogP contribution in [-0.2, 0) is 14.6 Å². The van der Waals surface area contributed by atoms with Gasteiger partial charge in [-0.25, -0.2) is 8.42 Å². The van der Waals surface area contributed by atoms with Crippen LogP contribution in [0.1, 0.15) is 18.9 Å². The molecule has 0 radical (unpaired) electrons. The number of anilines is 1. The maximum Gasteiger partial charge on any atom is 0.244 e. The Labute approximate surface area is 126 Å². The summed E-state index contributed by atoms with van der Waals surface area (Å²) in [4.78, 5) is 13.9. The molecule has 0 aliphatic carbocycles. The summed E-state index contributed by atoms with van der Waals surface area (Å²) in [7, 11) is -1.30. The molecule has 1 heterocycles. The van der Waals surface area contributed by atoms with Crippen molar-refractivity contribution in [1.29, 1.82) is 0 Å². The van der Waals surface area contributed by atoms with Crippen LogP contribution in [-0.4, -0.2) is 49.9 Å². The number of nitrogens with one attached hydrogen (secondary N) is 1. The smallest absolute Gasteiger partial charge is 0.244 e. The summed E-state index contributed by atoms with van der Waals surface area (Å²) >= 11 is 0.